The summed E-state index contributed by atoms with van der Waals surface area (Å²) in [6, 6.07) is 2.83. The molecule has 1 fully saturated rings. The first-order valence-electron chi connectivity index (χ1n) is 7.09. The minimum absolute atomic E-state index is 0.186. The highest BCUT2D eigenvalue weighted by Gasteiger charge is 2.31. The maximum Gasteiger partial charge on any atom is 0.416 e. The van der Waals surface area contributed by atoms with Gasteiger partial charge in [-0.25, -0.2) is 4.39 Å². The Bertz CT molecular complexity index is 467. The molecule has 6 heteroatoms. The summed E-state index contributed by atoms with van der Waals surface area (Å²) in [6.45, 7) is 0.404. The molecule has 0 unspecified atom stereocenters. The monoisotopic (exact) mass is 305 g/mol. The zero-order valence-electron chi connectivity index (χ0n) is 11.6. The van der Waals surface area contributed by atoms with Crippen LogP contribution in [0.1, 0.15) is 36.8 Å². The van der Waals surface area contributed by atoms with E-state index in [1.165, 1.54) is 0 Å². The Labute approximate surface area is 121 Å². The SMILES string of the molecule is OCC1CCC(NCc2cc(F)cc(C(F)(F)F)c2)CC1. The zero-order chi connectivity index (χ0) is 15.5. The molecule has 0 bridgehead atoms. The Hall–Kier alpha value is -1.14. The van der Waals surface area contributed by atoms with Crippen LogP contribution in [0, 0.1) is 11.7 Å². The van der Waals surface area contributed by atoms with Gasteiger partial charge in [0, 0.05) is 19.2 Å². The fraction of sp³-hybridized carbons (Fsp3) is 0.600. The molecule has 0 aliphatic heterocycles. The van der Waals surface area contributed by atoms with Crippen molar-refractivity contribution in [1.82, 2.24) is 5.32 Å². The minimum Gasteiger partial charge on any atom is -0.396 e. The van der Waals surface area contributed by atoms with E-state index in [-0.39, 0.29) is 19.2 Å². The zero-order valence-corrected chi connectivity index (χ0v) is 11.6. The van der Waals surface area contributed by atoms with Crippen molar-refractivity contribution in [1.29, 1.82) is 0 Å². The summed E-state index contributed by atoms with van der Waals surface area (Å²) in [5.41, 5.74) is -0.658. The lowest BCUT2D eigenvalue weighted by Gasteiger charge is -2.28. The lowest BCUT2D eigenvalue weighted by atomic mass is 9.86. The number of halogens is 4. The van der Waals surface area contributed by atoms with Crippen LogP contribution in [0.2, 0.25) is 0 Å². The number of aliphatic hydroxyl groups is 1. The molecule has 0 spiro atoms. The van der Waals surface area contributed by atoms with Crippen LogP contribution in [-0.4, -0.2) is 17.8 Å². The van der Waals surface area contributed by atoms with Gasteiger partial charge in [-0.1, -0.05) is 0 Å². The predicted molar refractivity (Wildman–Crippen MR) is 71.1 cm³/mol. The molecule has 118 valence electrons. The van der Waals surface area contributed by atoms with Gasteiger partial charge in [0.15, 0.2) is 0 Å². The van der Waals surface area contributed by atoms with Gasteiger partial charge in [0.25, 0.3) is 0 Å². The maximum atomic E-state index is 13.3. The first kappa shape index (κ1) is 16.2. The summed E-state index contributed by atoms with van der Waals surface area (Å²) in [4.78, 5) is 0. The van der Waals surface area contributed by atoms with Crippen LogP contribution in [-0.2, 0) is 12.7 Å². The van der Waals surface area contributed by atoms with Gasteiger partial charge >= 0.3 is 6.18 Å². The molecule has 1 saturated carbocycles. The molecule has 21 heavy (non-hydrogen) atoms. The third-order valence-corrected chi connectivity index (χ3v) is 3.98. The van der Waals surface area contributed by atoms with Gasteiger partial charge in [-0.05, 0) is 55.4 Å². The van der Waals surface area contributed by atoms with Crippen LogP contribution in [0.5, 0.6) is 0 Å². The Kier molecular flexibility index (Phi) is 5.22. The Balaban J connectivity index is 1.93. The highest BCUT2D eigenvalue weighted by Crippen LogP contribution is 2.30. The molecule has 0 atom stereocenters. The molecule has 0 heterocycles. The molecule has 2 rings (SSSR count). The van der Waals surface area contributed by atoms with Crippen LogP contribution in [0.4, 0.5) is 17.6 Å². The second kappa shape index (κ2) is 6.75. The molecular weight excluding hydrogens is 286 g/mol. The average molecular weight is 305 g/mol. The molecule has 0 amide bonds. The van der Waals surface area contributed by atoms with Gasteiger partial charge in [0.05, 0.1) is 5.56 Å². The lowest BCUT2D eigenvalue weighted by Crippen LogP contribution is -2.33. The third-order valence-electron chi connectivity index (χ3n) is 3.98. The van der Waals surface area contributed by atoms with Crippen molar-refractivity contribution in [3.63, 3.8) is 0 Å². The molecule has 2 N–H and O–H groups in total. The second-order valence-electron chi connectivity index (χ2n) is 5.63. The predicted octanol–water partition coefficient (Wildman–Crippen LogP) is 3.49. The molecule has 1 aromatic rings. The molecular formula is C15H19F4NO. The first-order chi connectivity index (χ1) is 9.88. The summed E-state index contributed by atoms with van der Waals surface area (Å²) in [6.07, 6.45) is -0.953. The number of rotatable bonds is 4. The lowest BCUT2D eigenvalue weighted by molar-refractivity contribution is -0.137. The topological polar surface area (TPSA) is 32.3 Å². The van der Waals surface area contributed by atoms with Crippen LogP contribution in [0.15, 0.2) is 18.2 Å². The Morgan fingerprint density at radius 3 is 2.33 bits per heavy atom. The standard InChI is InChI=1S/C15H19F4NO/c16-13-6-11(5-12(7-13)15(17,18)19)8-20-14-3-1-10(9-21)2-4-14/h5-7,10,14,20-21H,1-4,8-9H2. The summed E-state index contributed by atoms with van der Waals surface area (Å²) in [5.74, 6) is -0.542. The van der Waals surface area contributed by atoms with E-state index in [2.05, 4.69) is 5.32 Å². The number of aliphatic hydroxyl groups excluding tert-OH is 1. The molecule has 0 radical (unpaired) electrons. The second-order valence-corrected chi connectivity index (χ2v) is 5.63. The van der Waals surface area contributed by atoms with Crippen molar-refractivity contribution in [2.45, 2.75) is 44.4 Å². The Morgan fingerprint density at radius 1 is 1.10 bits per heavy atom. The number of hydrogen-bond acceptors (Lipinski definition) is 2. The van der Waals surface area contributed by atoms with Crippen molar-refractivity contribution in [3.8, 4) is 0 Å². The van der Waals surface area contributed by atoms with Gasteiger partial charge in [-0.15, -0.1) is 0 Å². The minimum atomic E-state index is -4.53. The molecule has 0 aromatic heterocycles. The van der Waals surface area contributed by atoms with E-state index in [0.717, 1.165) is 37.8 Å². The average Bonchev–Trinajstić information content (AvgIpc) is 2.44. The van der Waals surface area contributed by atoms with E-state index in [1.807, 2.05) is 0 Å². The van der Waals surface area contributed by atoms with E-state index in [4.69, 9.17) is 5.11 Å². The van der Waals surface area contributed by atoms with E-state index < -0.39 is 17.6 Å². The van der Waals surface area contributed by atoms with Crippen LogP contribution >= 0.6 is 0 Å². The van der Waals surface area contributed by atoms with Crippen LogP contribution in [0.25, 0.3) is 0 Å². The molecule has 0 saturated heterocycles. The summed E-state index contributed by atoms with van der Waals surface area (Å²) in [7, 11) is 0. The number of nitrogens with one attached hydrogen (secondary N) is 1. The van der Waals surface area contributed by atoms with Gasteiger partial charge in [-0.2, -0.15) is 13.2 Å². The molecule has 1 aromatic carbocycles. The number of hydrogen-bond donors (Lipinski definition) is 2. The van der Waals surface area contributed by atoms with Crippen LogP contribution in [0.3, 0.4) is 0 Å². The third kappa shape index (κ3) is 4.68. The summed E-state index contributed by atoms with van der Waals surface area (Å²) < 4.78 is 51.1. The fourth-order valence-electron chi connectivity index (χ4n) is 2.73. The highest BCUT2D eigenvalue weighted by molar-refractivity contribution is 5.26. The van der Waals surface area contributed by atoms with Gasteiger partial charge in [-0.3, -0.25) is 0 Å². The maximum absolute atomic E-state index is 13.3. The van der Waals surface area contributed by atoms with E-state index >= 15 is 0 Å². The smallest absolute Gasteiger partial charge is 0.396 e. The fourth-order valence-corrected chi connectivity index (χ4v) is 2.73. The highest BCUT2D eigenvalue weighted by atomic mass is 19.4. The van der Waals surface area contributed by atoms with Crippen molar-refractivity contribution in [3.05, 3.63) is 35.1 Å². The van der Waals surface area contributed by atoms with Crippen molar-refractivity contribution >= 4 is 0 Å². The molecule has 1 aliphatic rings. The van der Waals surface area contributed by atoms with E-state index in [9.17, 15) is 17.6 Å². The normalized spacial score (nSPS) is 23.3. The summed E-state index contributed by atoms with van der Waals surface area (Å²) >= 11 is 0. The number of alkyl halides is 3. The van der Waals surface area contributed by atoms with Crippen molar-refractivity contribution < 1.29 is 22.7 Å². The van der Waals surface area contributed by atoms with E-state index in [0.29, 0.717) is 17.5 Å². The van der Waals surface area contributed by atoms with E-state index in [1.54, 1.807) is 0 Å². The molecule has 1 aliphatic carbocycles. The van der Waals surface area contributed by atoms with Crippen LogP contribution < -0.4 is 5.32 Å². The largest absolute Gasteiger partial charge is 0.416 e. The van der Waals surface area contributed by atoms with Gasteiger partial charge in [0.1, 0.15) is 5.82 Å². The van der Waals surface area contributed by atoms with Gasteiger partial charge in [0.2, 0.25) is 0 Å². The van der Waals surface area contributed by atoms with Gasteiger partial charge < -0.3 is 10.4 Å². The summed E-state index contributed by atoms with van der Waals surface area (Å²) in [5, 5.41) is 12.2. The quantitative estimate of drug-likeness (QED) is 0.835. The Morgan fingerprint density at radius 2 is 1.76 bits per heavy atom. The number of benzene rings is 1. The van der Waals surface area contributed by atoms with Crippen molar-refractivity contribution in [2.75, 3.05) is 6.61 Å². The van der Waals surface area contributed by atoms with Crippen molar-refractivity contribution in [2.24, 2.45) is 5.92 Å². The first-order valence-corrected chi connectivity index (χ1v) is 7.09. The molecule has 2 nitrogen and oxygen atoms in total.